The zero-order valence-electron chi connectivity index (χ0n) is 10.3. The minimum absolute atomic E-state index is 0.0762. The highest BCUT2D eigenvalue weighted by Gasteiger charge is 2.20. The van der Waals surface area contributed by atoms with Crippen molar-refractivity contribution >= 4 is 16.8 Å². The summed E-state index contributed by atoms with van der Waals surface area (Å²) in [6.07, 6.45) is 1.77. The fourth-order valence-electron chi connectivity index (χ4n) is 2.27. The van der Waals surface area contributed by atoms with Crippen LogP contribution in [0.4, 0.5) is 0 Å². The summed E-state index contributed by atoms with van der Waals surface area (Å²) < 4.78 is 5.26. The molecule has 0 bridgehead atoms. The predicted octanol–water partition coefficient (Wildman–Crippen LogP) is 1.34. The Morgan fingerprint density at radius 2 is 2.17 bits per heavy atom. The third kappa shape index (κ3) is 1.86. The second kappa shape index (κ2) is 4.42. The molecule has 1 N–H and O–H groups in total. The minimum atomic E-state index is 0.0762. The van der Waals surface area contributed by atoms with Crippen molar-refractivity contribution < 1.29 is 9.53 Å². The maximum atomic E-state index is 12.4. The van der Waals surface area contributed by atoms with Gasteiger partial charge < -0.3 is 9.64 Å². The number of hydrogen-bond donors (Lipinski definition) is 1. The minimum Gasteiger partial charge on any atom is -0.378 e. The first kappa shape index (κ1) is 11.2. The highest BCUT2D eigenvalue weighted by atomic mass is 16.5. The van der Waals surface area contributed by atoms with Crippen LogP contribution in [0.1, 0.15) is 15.9 Å². The van der Waals surface area contributed by atoms with Crippen LogP contribution in [0.15, 0.2) is 18.3 Å². The van der Waals surface area contributed by atoms with Gasteiger partial charge in [0.1, 0.15) is 0 Å². The second-order valence-corrected chi connectivity index (χ2v) is 4.53. The molecular formula is C13H15N3O2. The molecule has 1 aromatic heterocycles. The Morgan fingerprint density at radius 3 is 2.94 bits per heavy atom. The number of carbonyl (C=O) groups is 1. The lowest BCUT2D eigenvalue weighted by molar-refractivity contribution is 0.0302. The molecule has 2 heterocycles. The van der Waals surface area contributed by atoms with Crippen molar-refractivity contribution in [2.24, 2.45) is 0 Å². The molecule has 0 radical (unpaired) electrons. The average Bonchev–Trinajstić information content (AvgIpc) is 2.85. The molecule has 5 heteroatoms. The zero-order chi connectivity index (χ0) is 12.5. The summed E-state index contributed by atoms with van der Waals surface area (Å²) in [4.78, 5) is 14.3. The largest absolute Gasteiger partial charge is 0.378 e. The molecular weight excluding hydrogens is 230 g/mol. The molecule has 0 atom stereocenters. The highest BCUT2D eigenvalue weighted by molar-refractivity contribution is 5.99. The first-order valence-electron chi connectivity index (χ1n) is 6.06. The summed E-state index contributed by atoms with van der Waals surface area (Å²) in [5.74, 6) is 0.0762. The van der Waals surface area contributed by atoms with Gasteiger partial charge in [0, 0.05) is 24.0 Å². The third-order valence-corrected chi connectivity index (χ3v) is 3.31. The number of H-pyrrole nitrogens is 1. The molecule has 0 spiro atoms. The first-order chi connectivity index (χ1) is 8.75. The van der Waals surface area contributed by atoms with E-state index in [0.29, 0.717) is 26.3 Å². The van der Waals surface area contributed by atoms with Crippen molar-refractivity contribution in [2.45, 2.75) is 6.92 Å². The van der Waals surface area contributed by atoms with Gasteiger partial charge in [-0.1, -0.05) is 0 Å². The molecule has 1 aliphatic heterocycles. The molecule has 18 heavy (non-hydrogen) atoms. The number of aromatic nitrogens is 2. The molecule has 3 rings (SSSR count). The standard InChI is InChI=1S/C13H15N3O2/c1-9-6-10-8-14-15-12(10)7-11(9)13(17)16-2-4-18-5-3-16/h6-8H,2-5H2,1H3,(H,14,15). The quantitative estimate of drug-likeness (QED) is 0.825. The van der Waals surface area contributed by atoms with E-state index in [9.17, 15) is 4.79 Å². The van der Waals surface area contributed by atoms with E-state index in [1.165, 1.54) is 0 Å². The average molecular weight is 245 g/mol. The van der Waals surface area contributed by atoms with E-state index in [2.05, 4.69) is 10.2 Å². The van der Waals surface area contributed by atoms with Gasteiger partial charge >= 0.3 is 0 Å². The second-order valence-electron chi connectivity index (χ2n) is 4.53. The molecule has 2 aromatic rings. The number of aromatic amines is 1. The maximum Gasteiger partial charge on any atom is 0.254 e. The van der Waals surface area contributed by atoms with Crippen LogP contribution in [-0.4, -0.2) is 47.3 Å². The van der Waals surface area contributed by atoms with E-state index in [1.54, 1.807) is 6.20 Å². The number of hydrogen-bond acceptors (Lipinski definition) is 3. The smallest absolute Gasteiger partial charge is 0.254 e. The monoisotopic (exact) mass is 245 g/mol. The molecule has 94 valence electrons. The van der Waals surface area contributed by atoms with Crippen molar-refractivity contribution in [3.05, 3.63) is 29.5 Å². The fraction of sp³-hybridized carbons (Fsp3) is 0.385. The van der Waals surface area contributed by atoms with E-state index < -0.39 is 0 Å². The maximum absolute atomic E-state index is 12.4. The summed E-state index contributed by atoms with van der Waals surface area (Å²) in [6, 6.07) is 3.88. The van der Waals surface area contributed by atoms with E-state index in [-0.39, 0.29) is 5.91 Å². The molecule has 1 amide bonds. The molecule has 0 saturated carbocycles. The number of amides is 1. The van der Waals surface area contributed by atoms with Crippen LogP contribution in [0.2, 0.25) is 0 Å². The van der Waals surface area contributed by atoms with Crippen molar-refractivity contribution in [3.63, 3.8) is 0 Å². The lowest BCUT2D eigenvalue weighted by atomic mass is 10.0. The van der Waals surface area contributed by atoms with Crippen LogP contribution < -0.4 is 0 Å². The molecule has 5 nitrogen and oxygen atoms in total. The Labute approximate surface area is 105 Å². The number of morpholine rings is 1. The Morgan fingerprint density at radius 1 is 1.39 bits per heavy atom. The van der Waals surface area contributed by atoms with Crippen LogP contribution in [0, 0.1) is 6.92 Å². The molecule has 0 aliphatic carbocycles. The first-order valence-corrected chi connectivity index (χ1v) is 6.06. The number of benzene rings is 1. The van der Waals surface area contributed by atoms with Crippen LogP contribution in [-0.2, 0) is 4.74 Å². The van der Waals surface area contributed by atoms with Crippen molar-refractivity contribution in [1.29, 1.82) is 0 Å². The highest BCUT2D eigenvalue weighted by Crippen LogP contribution is 2.19. The normalized spacial score (nSPS) is 16.2. The van der Waals surface area contributed by atoms with Crippen molar-refractivity contribution in [2.75, 3.05) is 26.3 Å². The Kier molecular flexibility index (Phi) is 2.76. The van der Waals surface area contributed by atoms with Crippen LogP contribution in [0.5, 0.6) is 0 Å². The molecule has 1 aliphatic rings. The number of carbonyl (C=O) groups excluding carboxylic acids is 1. The van der Waals surface area contributed by atoms with Crippen molar-refractivity contribution in [3.8, 4) is 0 Å². The fourth-order valence-corrected chi connectivity index (χ4v) is 2.27. The van der Waals surface area contributed by atoms with Gasteiger partial charge in [0.2, 0.25) is 0 Å². The number of rotatable bonds is 1. The lowest BCUT2D eigenvalue weighted by Gasteiger charge is -2.27. The van der Waals surface area contributed by atoms with Crippen LogP contribution in [0.3, 0.4) is 0 Å². The summed E-state index contributed by atoms with van der Waals surface area (Å²) in [6.45, 7) is 4.53. The summed E-state index contributed by atoms with van der Waals surface area (Å²) in [7, 11) is 0. The third-order valence-electron chi connectivity index (χ3n) is 3.31. The number of fused-ring (bicyclic) bond motifs is 1. The van der Waals surface area contributed by atoms with E-state index in [0.717, 1.165) is 22.0 Å². The van der Waals surface area contributed by atoms with Crippen LogP contribution in [0.25, 0.3) is 10.9 Å². The van der Waals surface area contributed by atoms with Gasteiger partial charge in [-0.25, -0.2) is 0 Å². The molecule has 1 saturated heterocycles. The predicted molar refractivity (Wildman–Crippen MR) is 67.6 cm³/mol. The molecule has 1 aromatic carbocycles. The number of ether oxygens (including phenoxy) is 1. The van der Waals surface area contributed by atoms with E-state index in [4.69, 9.17) is 4.74 Å². The molecule has 1 fully saturated rings. The van der Waals surface area contributed by atoms with Gasteiger partial charge in [-0.2, -0.15) is 5.10 Å². The SMILES string of the molecule is Cc1cc2cn[nH]c2cc1C(=O)N1CCOCC1. The van der Waals surface area contributed by atoms with Crippen molar-refractivity contribution in [1.82, 2.24) is 15.1 Å². The molecule has 0 unspecified atom stereocenters. The van der Waals surface area contributed by atoms with Gasteiger partial charge in [0.15, 0.2) is 0 Å². The van der Waals surface area contributed by atoms with Gasteiger partial charge in [-0.15, -0.1) is 0 Å². The lowest BCUT2D eigenvalue weighted by Crippen LogP contribution is -2.40. The zero-order valence-corrected chi connectivity index (χ0v) is 10.3. The summed E-state index contributed by atoms with van der Waals surface area (Å²) >= 11 is 0. The Hall–Kier alpha value is -1.88. The number of aryl methyl sites for hydroxylation is 1. The topological polar surface area (TPSA) is 58.2 Å². The summed E-state index contributed by atoms with van der Waals surface area (Å²) in [5.41, 5.74) is 2.63. The van der Waals surface area contributed by atoms with Gasteiger partial charge in [-0.05, 0) is 24.6 Å². The van der Waals surface area contributed by atoms with Gasteiger partial charge in [0.25, 0.3) is 5.91 Å². The summed E-state index contributed by atoms with van der Waals surface area (Å²) in [5, 5.41) is 7.92. The van der Waals surface area contributed by atoms with Gasteiger partial charge in [0.05, 0.1) is 24.9 Å². The van der Waals surface area contributed by atoms with E-state index >= 15 is 0 Å². The van der Waals surface area contributed by atoms with E-state index in [1.807, 2.05) is 24.0 Å². The number of nitrogens with zero attached hydrogens (tertiary/aromatic N) is 2. The Balaban J connectivity index is 1.96. The van der Waals surface area contributed by atoms with Crippen LogP contribution >= 0.6 is 0 Å². The van der Waals surface area contributed by atoms with Gasteiger partial charge in [-0.3, -0.25) is 9.89 Å². The Bertz CT molecular complexity index is 585. The number of nitrogens with one attached hydrogen (secondary N) is 1.